The first-order valence-electron chi connectivity index (χ1n) is 11.5. The van der Waals surface area contributed by atoms with E-state index in [1.54, 1.807) is 28.8 Å². The fraction of sp³-hybridized carbons (Fsp3) is 0.296. The van der Waals surface area contributed by atoms with Gasteiger partial charge in [-0.1, -0.05) is 30.3 Å². The van der Waals surface area contributed by atoms with E-state index in [1.807, 2.05) is 68.4 Å². The van der Waals surface area contributed by atoms with E-state index in [0.29, 0.717) is 30.0 Å². The molecule has 2 heterocycles. The number of carbonyl (C=O) groups is 2. The highest BCUT2D eigenvalue weighted by Crippen LogP contribution is 2.40. The highest BCUT2D eigenvalue weighted by atomic mass is 16.5. The van der Waals surface area contributed by atoms with Crippen LogP contribution in [0.2, 0.25) is 0 Å². The summed E-state index contributed by atoms with van der Waals surface area (Å²) in [6.07, 6.45) is 2.22. The minimum absolute atomic E-state index is 0.0701. The number of methoxy groups -OCH3 is 1. The van der Waals surface area contributed by atoms with E-state index >= 15 is 0 Å². The average Bonchev–Trinajstić information content (AvgIpc) is 3.36. The number of benzene rings is 2. The Morgan fingerprint density at radius 2 is 1.77 bits per heavy atom. The minimum Gasteiger partial charge on any atom is -0.507 e. The Bertz CT molecular complexity index is 1250. The van der Waals surface area contributed by atoms with Crippen LogP contribution >= 0.6 is 0 Å². The lowest BCUT2D eigenvalue weighted by Gasteiger charge is -2.26. The first-order chi connectivity index (χ1) is 16.8. The number of rotatable bonds is 8. The molecule has 0 radical (unpaired) electrons. The summed E-state index contributed by atoms with van der Waals surface area (Å²) < 4.78 is 6.97. The molecule has 1 aliphatic heterocycles. The zero-order valence-electron chi connectivity index (χ0n) is 20.4. The van der Waals surface area contributed by atoms with E-state index in [0.717, 1.165) is 17.8 Å². The van der Waals surface area contributed by atoms with Gasteiger partial charge in [-0.25, -0.2) is 4.68 Å². The van der Waals surface area contributed by atoms with Crippen LogP contribution in [0.4, 0.5) is 0 Å². The normalized spacial score (nSPS) is 17.4. The Morgan fingerprint density at radius 1 is 1.09 bits per heavy atom. The van der Waals surface area contributed by atoms with Crippen molar-refractivity contribution < 1.29 is 19.4 Å². The van der Waals surface area contributed by atoms with E-state index in [1.165, 1.54) is 6.20 Å². The van der Waals surface area contributed by atoms with Crippen LogP contribution in [0, 0.1) is 6.92 Å². The maximum Gasteiger partial charge on any atom is 0.295 e. The lowest BCUT2D eigenvalue weighted by Crippen LogP contribution is -2.32. The van der Waals surface area contributed by atoms with Crippen molar-refractivity contribution in [3.63, 3.8) is 0 Å². The fourth-order valence-electron chi connectivity index (χ4n) is 4.42. The van der Waals surface area contributed by atoms with Crippen molar-refractivity contribution in [1.82, 2.24) is 19.6 Å². The predicted molar refractivity (Wildman–Crippen MR) is 133 cm³/mol. The van der Waals surface area contributed by atoms with Gasteiger partial charge in [0.15, 0.2) is 0 Å². The number of likely N-dealkylation sites (tertiary alicyclic amines) is 1. The monoisotopic (exact) mass is 474 g/mol. The van der Waals surface area contributed by atoms with E-state index in [2.05, 4.69) is 5.10 Å². The number of amides is 1. The first-order valence-corrected chi connectivity index (χ1v) is 11.5. The quantitative estimate of drug-likeness (QED) is 0.305. The molecule has 0 spiro atoms. The van der Waals surface area contributed by atoms with Gasteiger partial charge in [0.05, 0.1) is 41.9 Å². The fourth-order valence-corrected chi connectivity index (χ4v) is 4.42. The number of aromatic nitrogens is 2. The maximum absolute atomic E-state index is 13.3. The second kappa shape index (κ2) is 10.1. The highest BCUT2D eigenvalue weighted by Gasteiger charge is 2.46. The Morgan fingerprint density at radius 3 is 2.40 bits per heavy atom. The van der Waals surface area contributed by atoms with Gasteiger partial charge >= 0.3 is 0 Å². The van der Waals surface area contributed by atoms with Crippen molar-refractivity contribution in [3.8, 4) is 11.4 Å². The molecule has 1 aliphatic rings. The topological polar surface area (TPSA) is 87.9 Å². The van der Waals surface area contributed by atoms with Crippen molar-refractivity contribution in [2.75, 3.05) is 34.3 Å². The number of hydrogen-bond donors (Lipinski definition) is 1. The summed E-state index contributed by atoms with van der Waals surface area (Å²) in [7, 11) is 5.50. The summed E-state index contributed by atoms with van der Waals surface area (Å²) >= 11 is 0. The van der Waals surface area contributed by atoms with Crippen LogP contribution in [0.15, 0.2) is 66.4 Å². The number of ether oxygens (including phenoxy) is 1. The maximum atomic E-state index is 13.3. The van der Waals surface area contributed by atoms with Gasteiger partial charge in [-0.2, -0.15) is 5.10 Å². The van der Waals surface area contributed by atoms with Gasteiger partial charge in [0.25, 0.3) is 11.7 Å². The lowest BCUT2D eigenvalue weighted by atomic mass is 9.95. The van der Waals surface area contributed by atoms with Crippen LogP contribution in [0.25, 0.3) is 11.4 Å². The number of para-hydroxylation sites is 1. The van der Waals surface area contributed by atoms with Crippen LogP contribution < -0.4 is 4.74 Å². The molecule has 0 bridgehead atoms. The van der Waals surface area contributed by atoms with Gasteiger partial charge in [0.1, 0.15) is 11.5 Å². The molecular formula is C27H30N4O4. The smallest absolute Gasteiger partial charge is 0.295 e. The zero-order chi connectivity index (χ0) is 25.1. The molecule has 1 N–H and O–H groups in total. The minimum atomic E-state index is -0.706. The van der Waals surface area contributed by atoms with E-state index in [-0.39, 0.29) is 11.3 Å². The third-order valence-corrected chi connectivity index (χ3v) is 6.24. The number of nitrogens with zero attached hydrogens (tertiary/aromatic N) is 4. The van der Waals surface area contributed by atoms with Crippen molar-refractivity contribution in [2.24, 2.45) is 0 Å². The molecule has 35 heavy (non-hydrogen) atoms. The van der Waals surface area contributed by atoms with Gasteiger partial charge in [-0.05, 0) is 63.8 Å². The average molecular weight is 475 g/mol. The molecule has 4 rings (SSSR count). The van der Waals surface area contributed by atoms with E-state index in [9.17, 15) is 14.7 Å². The van der Waals surface area contributed by atoms with Crippen LogP contribution in [-0.2, 0) is 9.59 Å². The van der Waals surface area contributed by atoms with Gasteiger partial charge < -0.3 is 19.6 Å². The molecule has 8 nitrogen and oxygen atoms in total. The van der Waals surface area contributed by atoms with E-state index in [4.69, 9.17) is 4.74 Å². The predicted octanol–water partition coefficient (Wildman–Crippen LogP) is 3.56. The zero-order valence-corrected chi connectivity index (χ0v) is 20.4. The molecule has 0 aliphatic carbocycles. The Hall–Kier alpha value is -3.91. The number of carbonyl (C=O) groups excluding carboxylic acids is 2. The molecule has 1 atom stereocenters. The van der Waals surface area contributed by atoms with Crippen LogP contribution in [-0.4, -0.2) is 70.7 Å². The summed E-state index contributed by atoms with van der Waals surface area (Å²) in [5, 5.41) is 15.8. The second-order valence-electron chi connectivity index (χ2n) is 8.81. The molecule has 2 aromatic carbocycles. The Labute approximate surface area is 205 Å². The van der Waals surface area contributed by atoms with E-state index < -0.39 is 17.7 Å². The third-order valence-electron chi connectivity index (χ3n) is 6.24. The van der Waals surface area contributed by atoms with Gasteiger partial charge in [0, 0.05) is 6.54 Å². The lowest BCUT2D eigenvalue weighted by molar-refractivity contribution is -0.139. The Kier molecular flexibility index (Phi) is 7.02. The highest BCUT2D eigenvalue weighted by molar-refractivity contribution is 6.46. The van der Waals surface area contributed by atoms with Crippen LogP contribution in [0.3, 0.4) is 0 Å². The number of ketones is 1. The molecule has 1 fully saturated rings. The van der Waals surface area contributed by atoms with Crippen molar-refractivity contribution in [3.05, 3.63) is 83.2 Å². The standard InChI is InChI=1S/C27H30N4O4/c1-18-22(17-28-31(18)20-9-6-5-7-10-20)25(32)23-24(19-11-13-21(35-4)14-12-19)30(27(34)26(23)33)16-8-15-29(2)3/h5-7,9-14,17,24,32H,8,15-16H2,1-4H3/b25-23+/t24-/m1/s1. The third kappa shape index (κ3) is 4.70. The number of hydrogen-bond acceptors (Lipinski definition) is 6. The molecule has 1 aromatic heterocycles. The summed E-state index contributed by atoms with van der Waals surface area (Å²) in [5.41, 5.74) is 2.71. The largest absolute Gasteiger partial charge is 0.507 e. The molecule has 0 unspecified atom stereocenters. The van der Waals surface area contributed by atoms with Gasteiger partial charge in [-0.15, -0.1) is 0 Å². The molecule has 1 saturated heterocycles. The first kappa shape index (κ1) is 24.2. The van der Waals surface area contributed by atoms with Crippen LogP contribution in [0.5, 0.6) is 5.75 Å². The second-order valence-corrected chi connectivity index (χ2v) is 8.81. The summed E-state index contributed by atoms with van der Waals surface area (Å²) in [6.45, 7) is 2.98. The van der Waals surface area contributed by atoms with Crippen molar-refractivity contribution in [2.45, 2.75) is 19.4 Å². The summed E-state index contributed by atoms with van der Waals surface area (Å²) in [6, 6.07) is 16.0. The molecule has 182 valence electrons. The number of Topliss-reactive ketones (excluding diaryl/α,β-unsaturated/α-hetero) is 1. The molecular weight excluding hydrogens is 444 g/mol. The number of aliphatic hydroxyl groups is 1. The SMILES string of the molecule is COc1ccc([C@@H]2/C(=C(\O)c3cnn(-c4ccccc4)c3C)C(=O)C(=O)N2CCCN(C)C)cc1. The molecule has 0 saturated carbocycles. The summed E-state index contributed by atoms with van der Waals surface area (Å²) in [4.78, 5) is 29.9. The Balaban J connectivity index is 1.80. The van der Waals surface area contributed by atoms with Crippen molar-refractivity contribution in [1.29, 1.82) is 0 Å². The van der Waals surface area contributed by atoms with Gasteiger partial charge in [-0.3, -0.25) is 9.59 Å². The van der Waals surface area contributed by atoms with Crippen LogP contribution in [0.1, 0.15) is 29.3 Å². The molecule has 8 heteroatoms. The number of aliphatic hydroxyl groups excluding tert-OH is 1. The van der Waals surface area contributed by atoms with Gasteiger partial charge in [0.2, 0.25) is 0 Å². The molecule has 3 aromatic rings. The van der Waals surface area contributed by atoms with Crippen molar-refractivity contribution >= 4 is 17.4 Å². The summed E-state index contributed by atoms with van der Waals surface area (Å²) in [5.74, 6) is -0.864. The molecule has 1 amide bonds.